The molecule has 0 bridgehead atoms. The molecule has 1 atom stereocenters. The molecule has 0 aliphatic carbocycles. The summed E-state index contributed by atoms with van der Waals surface area (Å²) in [5, 5.41) is 8.75. The van der Waals surface area contributed by atoms with Gasteiger partial charge in [-0.2, -0.15) is 0 Å². The van der Waals surface area contributed by atoms with Crippen molar-refractivity contribution in [3.8, 4) is 11.8 Å². The van der Waals surface area contributed by atoms with E-state index in [0.29, 0.717) is 6.42 Å². The lowest BCUT2D eigenvalue weighted by Gasteiger charge is -2.20. The van der Waals surface area contributed by atoms with Gasteiger partial charge in [-0.3, -0.25) is 4.90 Å². The van der Waals surface area contributed by atoms with Crippen molar-refractivity contribution in [3.05, 3.63) is 21.9 Å². The Hall–Kier alpha value is -0.820. The second-order valence-electron chi connectivity index (χ2n) is 6.25. The maximum absolute atomic E-state index is 8.75. The van der Waals surface area contributed by atoms with Crippen molar-refractivity contribution in [1.29, 1.82) is 0 Å². The fraction of sp³-hybridized carbons (Fsp3) is 0.667. The van der Waals surface area contributed by atoms with Crippen LogP contribution in [0, 0.1) is 23.7 Å². The highest BCUT2D eigenvalue weighted by atomic mass is 32.1. The molecule has 1 unspecified atom stereocenters. The van der Waals surface area contributed by atoms with Gasteiger partial charge in [0.2, 0.25) is 0 Å². The molecule has 1 aromatic heterocycles. The van der Waals surface area contributed by atoms with Gasteiger partial charge in [0.05, 0.1) is 11.5 Å². The summed E-state index contributed by atoms with van der Waals surface area (Å²) in [6.45, 7) is 8.39. The third-order valence-corrected chi connectivity index (χ3v) is 5.28. The molecule has 21 heavy (non-hydrogen) atoms. The fourth-order valence-electron chi connectivity index (χ4n) is 2.96. The molecule has 116 valence electrons. The third kappa shape index (κ3) is 5.47. The molecule has 1 fully saturated rings. The van der Waals surface area contributed by atoms with E-state index in [2.05, 4.69) is 42.7 Å². The monoisotopic (exact) mass is 305 g/mol. The van der Waals surface area contributed by atoms with Gasteiger partial charge in [-0.15, -0.1) is 11.3 Å². The van der Waals surface area contributed by atoms with Crippen LogP contribution in [0.4, 0.5) is 0 Å². The zero-order chi connectivity index (χ0) is 15.1. The first kappa shape index (κ1) is 16.5. The number of aliphatic hydroxyl groups is 1. The lowest BCUT2D eigenvalue weighted by molar-refractivity contribution is 0.267. The molecule has 0 amide bonds. The summed E-state index contributed by atoms with van der Waals surface area (Å²) in [5.41, 5.74) is 0. The lowest BCUT2D eigenvalue weighted by atomic mass is 9.89. The van der Waals surface area contributed by atoms with E-state index >= 15 is 0 Å². The van der Waals surface area contributed by atoms with Crippen LogP contribution >= 0.6 is 11.3 Å². The largest absolute Gasteiger partial charge is 0.395 e. The van der Waals surface area contributed by atoms with Crippen LogP contribution in [0.25, 0.3) is 0 Å². The van der Waals surface area contributed by atoms with E-state index in [-0.39, 0.29) is 6.61 Å². The zero-order valence-electron chi connectivity index (χ0n) is 13.3. The number of thiophene rings is 1. The molecule has 1 aliphatic heterocycles. The number of nitrogens with zero attached hydrogens (tertiary/aromatic N) is 1. The van der Waals surface area contributed by atoms with Gasteiger partial charge in [0.25, 0.3) is 0 Å². The van der Waals surface area contributed by atoms with Crippen molar-refractivity contribution in [2.24, 2.45) is 11.8 Å². The summed E-state index contributed by atoms with van der Waals surface area (Å²) in [6.07, 6.45) is 4.62. The maximum Gasteiger partial charge on any atom is 0.0771 e. The van der Waals surface area contributed by atoms with Crippen LogP contribution in [-0.4, -0.2) is 29.7 Å². The Bertz CT molecular complexity index is 483. The van der Waals surface area contributed by atoms with E-state index in [9.17, 15) is 0 Å². The second kappa shape index (κ2) is 8.58. The summed E-state index contributed by atoms with van der Waals surface area (Å²) < 4.78 is 0. The van der Waals surface area contributed by atoms with Gasteiger partial charge >= 0.3 is 0 Å². The highest BCUT2D eigenvalue weighted by Gasteiger charge is 2.19. The SMILES string of the molecule is CC(C)C1CCCN(Cc2ccc(C#CCCO)s2)CC1. The molecule has 1 aliphatic rings. The highest BCUT2D eigenvalue weighted by molar-refractivity contribution is 7.12. The topological polar surface area (TPSA) is 23.5 Å². The van der Waals surface area contributed by atoms with Gasteiger partial charge in [-0.1, -0.05) is 25.7 Å². The number of aliphatic hydroxyl groups excluding tert-OH is 1. The smallest absolute Gasteiger partial charge is 0.0771 e. The third-order valence-electron chi connectivity index (χ3n) is 4.30. The molecule has 1 aromatic rings. The molecule has 2 nitrogen and oxygen atoms in total. The molecule has 0 saturated carbocycles. The van der Waals surface area contributed by atoms with Crippen LogP contribution in [0.3, 0.4) is 0 Å². The first-order valence-electron chi connectivity index (χ1n) is 8.10. The first-order valence-corrected chi connectivity index (χ1v) is 8.91. The van der Waals surface area contributed by atoms with E-state index in [1.165, 1.54) is 37.2 Å². The molecule has 1 N–H and O–H groups in total. The highest BCUT2D eigenvalue weighted by Crippen LogP contribution is 2.26. The van der Waals surface area contributed by atoms with Gasteiger partial charge in [0, 0.05) is 17.8 Å². The van der Waals surface area contributed by atoms with Crippen LogP contribution < -0.4 is 0 Å². The second-order valence-corrected chi connectivity index (χ2v) is 7.42. The summed E-state index contributed by atoms with van der Waals surface area (Å²) >= 11 is 1.79. The van der Waals surface area contributed by atoms with E-state index in [4.69, 9.17) is 5.11 Å². The summed E-state index contributed by atoms with van der Waals surface area (Å²) in [4.78, 5) is 5.12. The average molecular weight is 305 g/mol. The predicted molar refractivity (Wildman–Crippen MR) is 90.4 cm³/mol. The van der Waals surface area contributed by atoms with Crippen molar-refractivity contribution in [2.45, 2.75) is 46.1 Å². The molecule has 0 spiro atoms. The van der Waals surface area contributed by atoms with Crippen molar-refractivity contribution in [3.63, 3.8) is 0 Å². The van der Waals surface area contributed by atoms with E-state index < -0.39 is 0 Å². The van der Waals surface area contributed by atoms with Crippen molar-refractivity contribution in [2.75, 3.05) is 19.7 Å². The molecule has 3 heteroatoms. The Kier molecular flexibility index (Phi) is 6.76. The van der Waals surface area contributed by atoms with E-state index in [0.717, 1.165) is 23.3 Å². The molecule has 1 saturated heterocycles. The number of rotatable bonds is 4. The minimum atomic E-state index is 0.149. The maximum atomic E-state index is 8.75. The quantitative estimate of drug-likeness (QED) is 0.857. The van der Waals surface area contributed by atoms with Crippen LogP contribution in [0.1, 0.15) is 49.3 Å². The standard InChI is InChI=1S/C18H27NOS/c1-15(2)16-6-5-11-19(12-10-16)14-18-9-8-17(21-18)7-3-4-13-20/h8-9,15-16,20H,4-6,10-14H2,1-2H3. The summed E-state index contributed by atoms with van der Waals surface area (Å²) in [7, 11) is 0. The van der Waals surface area contributed by atoms with Crippen molar-refractivity contribution in [1.82, 2.24) is 4.90 Å². The Morgan fingerprint density at radius 1 is 1.33 bits per heavy atom. The van der Waals surface area contributed by atoms with Crippen LogP contribution in [0.15, 0.2) is 12.1 Å². The molecule has 2 heterocycles. The van der Waals surface area contributed by atoms with Crippen molar-refractivity contribution < 1.29 is 5.11 Å². The average Bonchev–Trinajstić information content (AvgIpc) is 2.76. The normalized spacial score (nSPS) is 20.1. The lowest BCUT2D eigenvalue weighted by Crippen LogP contribution is -2.24. The number of hydrogen-bond acceptors (Lipinski definition) is 3. The minimum absolute atomic E-state index is 0.149. The number of hydrogen-bond donors (Lipinski definition) is 1. The number of likely N-dealkylation sites (tertiary alicyclic amines) is 1. The Morgan fingerprint density at radius 2 is 2.19 bits per heavy atom. The van der Waals surface area contributed by atoms with Crippen LogP contribution in [-0.2, 0) is 6.54 Å². The Balaban J connectivity index is 1.86. The van der Waals surface area contributed by atoms with Crippen LogP contribution in [0.5, 0.6) is 0 Å². The molecular formula is C18H27NOS. The predicted octanol–water partition coefficient (Wildman–Crippen LogP) is 3.74. The van der Waals surface area contributed by atoms with E-state index in [1.54, 1.807) is 11.3 Å². The Labute approximate surface area is 133 Å². The van der Waals surface area contributed by atoms with Crippen LogP contribution in [0.2, 0.25) is 0 Å². The van der Waals surface area contributed by atoms with Gasteiger partial charge in [-0.05, 0) is 56.3 Å². The van der Waals surface area contributed by atoms with Gasteiger partial charge < -0.3 is 5.11 Å². The molecule has 0 aromatic carbocycles. The molecule has 0 radical (unpaired) electrons. The van der Waals surface area contributed by atoms with E-state index in [1.807, 2.05) is 0 Å². The van der Waals surface area contributed by atoms with Crippen molar-refractivity contribution >= 4 is 11.3 Å². The minimum Gasteiger partial charge on any atom is -0.395 e. The fourth-order valence-corrected chi connectivity index (χ4v) is 3.89. The first-order chi connectivity index (χ1) is 10.2. The molecule has 2 rings (SSSR count). The van der Waals surface area contributed by atoms with Gasteiger partial charge in [0.15, 0.2) is 0 Å². The van der Waals surface area contributed by atoms with Gasteiger partial charge in [-0.25, -0.2) is 0 Å². The summed E-state index contributed by atoms with van der Waals surface area (Å²) in [6, 6.07) is 4.32. The molecular weight excluding hydrogens is 278 g/mol. The van der Waals surface area contributed by atoms with Gasteiger partial charge in [0.1, 0.15) is 0 Å². The zero-order valence-corrected chi connectivity index (χ0v) is 14.1. The Morgan fingerprint density at radius 3 is 2.95 bits per heavy atom. The summed E-state index contributed by atoms with van der Waals surface area (Å²) in [5.74, 6) is 7.84.